The summed E-state index contributed by atoms with van der Waals surface area (Å²) in [5, 5.41) is 18.1. The van der Waals surface area contributed by atoms with Crippen LogP contribution in [0.5, 0.6) is 0 Å². The fourth-order valence-electron chi connectivity index (χ4n) is 4.12. The molecular weight excluding hydrogens is 424 g/mol. The molecule has 3 aromatic carbocycles. The van der Waals surface area contributed by atoms with E-state index in [-0.39, 0.29) is 17.9 Å². The van der Waals surface area contributed by atoms with Gasteiger partial charge in [-0.3, -0.25) is 4.79 Å². The van der Waals surface area contributed by atoms with Crippen LogP contribution in [0, 0.1) is 5.92 Å². The van der Waals surface area contributed by atoms with Crippen molar-refractivity contribution >= 4 is 18.0 Å². The molecule has 0 bridgehead atoms. The molecule has 0 aromatic heterocycles. The molecule has 1 atom stereocenters. The monoisotopic (exact) mass is 456 g/mol. The van der Waals surface area contributed by atoms with Crippen molar-refractivity contribution in [2.24, 2.45) is 5.92 Å². The van der Waals surface area contributed by atoms with Gasteiger partial charge < -0.3 is 10.2 Å². The molecule has 3 aromatic rings. The third-order valence-corrected chi connectivity index (χ3v) is 6.04. The van der Waals surface area contributed by atoms with Crippen molar-refractivity contribution in [3.05, 3.63) is 113 Å². The van der Waals surface area contributed by atoms with Gasteiger partial charge in [0.2, 0.25) is 0 Å². The van der Waals surface area contributed by atoms with Crippen LogP contribution >= 0.6 is 0 Å². The van der Waals surface area contributed by atoms with E-state index in [2.05, 4.69) is 60.7 Å². The molecule has 1 unspecified atom stereocenters. The molecule has 3 rings (SSSR count). The number of carbonyl (C=O) groups is 2. The Morgan fingerprint density at radius 3 is 2.18 bits per heavy atom. The van der Waals surface area contributed by atoms with Crippen molar-refractivity contribution in [1.29, 1.82) is 0 Å². The highest BCUT2D eigenvalue weighted by atomic mass is 16.4. The van der Waals surface area contributed by atoms with Gasteiger partial charge in [-0.15, -0.1) is 0 Å². The minimum absolute atomic E-state index is 0.187. The number of carboxylic acids is 2. The number of aromatic carboxylic acids is 1. The van der Waals surface area contributed by atoms with E-state index in [1.807, 2.05) is 18.2 Å². The molecule has 0 saturated heterocycles. The van der Waals surface area contributed by atoms with Crippen molar-refractivity contribution in [1.82, 2.24) is 0 Å². The van der Waals surface area contributed by atoms with Crippen molar-refractivity contribution < 1.29 is 19.8 Å². The predicted molar refractivity (Wildman–Crippen MR) is 136 cm³/mol. The molecular formula is C30H32O4. The van der Waals surface area contributed by atoms with Gasteiger partial charge in [-0.05, 0) is 72.4 Å². The minimum atomic E-state index is -0.927. The molecule has 0 aliphatic rings. The van der Waals surface area contributed by atoms with Crippen LogP contribution < -0.4 is 0 Å². The van der Waals surface area contributed by atoms with Gasteiger partial charge in [0.25, 0.3) is 0 Å². The van der Waals surface area contributed by atoms with E-state index in [0.717, 1.165) is 37.7 Å². The molecule has 4 nitrogen and oxygen atoms in total. The lowest BCUT2D eigenvalue weighted by Crippen LogP contribution is -2.04. The predicted octanol–water partition coefficient (Wildman–Crippen LogP) is 6.69. The minimum Gasteiger partial charge on any atom is -0.481 e. The highest BCUT2D eigenvalue weighted by molar-refractivity contribution is 5.87. The number of aryl methyl sites for hydroxylation is 2. The Balaban J connectivity index is 1.70. The molecule has 0 heterocycles. The van der Waals surface area contributed by atoms with Gasteiger partial charge in [-0.25, -0.2) is 4.79 Å². The van der Waals surface area contributed by atoms with Crippen molar-refractivity contribution in [2.75, 3.05) is 0 Å². The van der Waals surface area contributed by atoms with E-state index >= 15 is 0 Å². The first-order chi connectivity index (χ1) is 16.5. The third-order valence-electron chi connectivity index (χ3n) is 6.04. The fraction of sp³-hybridized carbons (Fsp3) is 0.267. The largest absolute Gasteiger partial charge is 0.481 e. The molecule has 0 amide bonds. The first kappa shape index (κ1) is 25.0. The second-order valence-corrected chi connectivity index (χ2v) is 8.65. The smallest absolute Gasteiger partial charge is 0.335 e. The Morgan fingerprint density at radius 1 is 0.765 bits per heavy atom. The fourth-order valence-corrected chi connectivity index (χ4v) is 4.12. The van der Waals surface area contributed by atoms with Crippen LogP contribution in [0.25, 0.3) is 6.08 Å². The van der Waals surface area contributed by atoms with Gasteiger partial charge in [-0.1, -0.05) is 85.3 Å². The van der Waals surface area contributed by atoms with Crippen molar-refractivity contribution in [3.8, 4) is 0 Å². The lowest BCUT2D eigenvalue weighted by Gasteiger charge is -2.14. The average molecular weight is 457 g/mol. The summed E-state index contributed by atoms with van der Waals surface area (Å²) in [6.45, 7) is 0. The number of carboxylic acid groups (broad SMARTS) is 2. The summed E-state index contributed by atoms with van der Waals surface area (Å²) in [4.78, 5) is 22.0. The summed E-state index contributed by atoms with van der Waals surface area (Å²) in [7, 11) is 0. The van der Waals surface area contributed by atoms with Gasteiger partial charge in [-0.2, -0.15) is 0 Å². The maximum absolute atomic E-state index is 11.1. The molecule has 34 heavy (non-hydrogen) atoms. The van der Waals surface area contributed by atoms with Gasteiger partial charge in [0.15, 0.2) is 0 Å². The second kappa shape index (κ2) is 13.1. The zero-order valence-corrected chi connectivity index (χ0v) is 19.4. The summed E-state index contributed by atoms with van der Waals surface area (Å²) in [6, 6.07) is 25.9. The number of allylic oxidation sites excluding steroid dienone is 1. The quantitative estimate of drug-likeness (QED) is 0.281. The Bertz CT molecular complexity index is 1080. The topological polar surface area (TPSA) is 74.6 Å². The van der Waals surface area contributed by atoms with Gasteiger partial charge in [0, 0.05) is 6.42 Å². The van der Waals surface area contributed by atoms with Crippen LogP contribution in [0.2, 0.25) is 0 Å². The van der Waals surface area contributed by atoms with Gasteiger partial charge in [0.1, 0.15) is 0 Å². The number of benzene rings is 3. The van der Waals surface area contributed by atoms with Gasteiger partial charge in [0.05, 0.1) is 5.56 Å². The number of aliphatic carboxylic acids is 1. The SMILES string of the molecule is O=C(O)CCCCC(/C=C/c1ccccc1CCc1ccccc1)Cc1ccc(C(=O)O)cc1. The first-order valence-corrected chi connectivity index (χ1v) is 11.9. The van der Waals surface area contributed by atoms with Crippen LogP contribution in [-0.2, 0) is 24.1 Å². The van der Waals surface area contributed by atoms with Gasteiger partial charge >= 0.3 is 11.9 Å². The van der Waals surface area contributed by atoms with Crippen molar-refractivity contribution in [2.45, 2.75) is 44.9 Å². The molecule has 0 aliphatic carbocycles. The second-order valence-electron chi connectivity index (χ2n) is 8.65. The average Bonchev–Trinajstić information content (AvgIpc) is 2.85. The highest BCUT2D eigenvalue weighted by Gasteiger charge is 2.10. The Hall–Kier alpha value is -3.66. The van der Waals surface area contributed by atoms with Crippen molar-refractivity contribution in [3.63, 3.8) is 0 Å². The Morgan fingerprint density at radius 2 is 1.47 bits per heavy atom. The summed E-state index contributed by atoms with van der Waals surface area (Å²) in [6.07, 6.45) is 9.72. The van der Waals surface area contributed by atoms with Crippen LogP contribution in [0.3, 0.4) is 0 Å². The molecule has 0 radical (unpaired) electrons. The summed E-state index contributed by atoms with van der Waals surface area (Å²) >= 11 is 0. The summed E-state index contributed by atoms with van der Waals surface area (Å²) < 4.78 is 0. The first-order valence-electron chi connectivity index (χ1n) is 11.9. The van der Waals surface area contributed by atoms with Crippen LogP contribution in [0.4, 0.5) is 0 Å². The van der Waals surface area contributed by atoms with E-state index in [0.29, 0.717) is 6.42 Å². The third kappa shape index (κ3) is 8.36. The summed E-state index contributed by atoms with van der Waals surface area (Å²) in [5.41, 5.74) is 5.19. The van der Waals surface area contributed by atoms with E-state index in [1.165, 1.54) is 16.7 Å². The molecule has 0 aliphatic heterocycles. The Kier molecular flexibility index (Phi) is 9.65. The molecule has 2 N–H and O–H groups in total. The van der Waals surface area contributed by atoms with E-state index in [1.54, 1.807) is 12.1 Å². The number of unbranched alkanes of at least 4 members (excludes halogenated alkanes) is 1. The van der Waals surface area contributed by atoms with E-state index in [4.69, 9.17) is 10.2 Å². The highest BCUT2D eigenvalue weighted by Crippen LogP contribution is 2.21. The van der Waals surface area contributed by atoms with Crippen LogP contribution in [0.15, 0.2) is 84.9 Å². The lowest BCUT2D eigenvalue weighted by atomic mass is 9.91. The number of hydrogen-bond acceptors (Lipinski definition) is 2. The molecule has 0 fully saturated rings. The van der Waals surface area contributed by atoms with Crippen LogP contribution in [0.1, 0.15) is 58.3 Å². The maximum Gasteiger partial charge on any atom is 0.335 e. The lowest BCUT2D eigenvalue weighted by molar-refractivity contribution is -0.137. The molecule has 0 spiro atoms. The summed E-state index contributed by atoms with van der Waals surface area (Å²) in [5.74, 6) is -1.45. The van der Waals surface area contributed by atoms with E-state index < -0.39 is 11.9 Å². The van der Waals surface area contributed by atoms with E-state index in [9.17, 15) is 9.59 Å². The zero-order valence-electron chi connectivity index (χ0n) is 19.4. The Labute approximate surface area is 201 Å². The standard InChI is InChI=1S/C30H32O4/c31-29(32)13-7-4-10-24(22-25-16-20-28(21-17-25)30(33)34)15-19-27-12-6-5-11-26(27)18-14-23-8-2-1-3-9-23/h1-3,5-6,8-9,11-12,15-17,19-21,24H,4,7,10,13-14,18,22H2,(H,31,32)(H,33,34)/b19-15+. The maximum atomic E-state index is 11.1. The molecule has 0 saturated carbocycles. The molecule has 4 heteroatoms. The number of hydrogen-bond donors (Lipinski definition) is 2. The van der Waals surface area contributed by atoms with Crippen LogP contribution in [-0.4, -0.2) is 22.2 Å². The molecule has 176 valence electrons. The normalized spacial score (nSPS) is 12.0. The number of rotatable bonds is 13. The zero-order chi connectivity index (χ0) is 24.2.